The van der Waals surface area contributed by atoms with Crippen LogP contribution < -0.4 is 4.72 Å². The Hall–Kier alpha value is -2.23. The van der Waals surface area contributed by atoms with Crippen LogP contribution in [0, 0.1) is 0 Å². The lowest BCUT2D eigenvalue weighted by Gasteiger charge is -2.28. The van der Waals surface area contributed by atoms with Crippen LogP contribution in [0.3, 0.4) is 0 Å². The number of ether oxygens (including phenoxy) is 1. The number of aromatic amines is 1. The van der Waals surface area contributed by atoms with E-state index in [-0.39, 0.29) is 16.9 Å². The molecule has 2 aliphatic rings. The Labute approximate surface area is 158 Å². The van der Waals surface area contributed by atoms with Gasteiger partial charge < -0.3 is 9.64 Å². The van der Waals surface area contributed by atoms with Crippen LogP contribution in [0.25, 0.3) is 0 Å². The smallest absolute Gasteiger partial charge is 0.272 e. The van der Waals surface area contributed by atoms with Gasteiger partial charge in [-0.3, -0.25) is 9.89 Å². The van der Waals surface area contributed by atoms with Crippen molar-refractivity contribution >= 4 is 15.9 Å². The number of H-pyrrole nitrogens is 1. The Morgan fingerprint density at radius 2 is 2.22 bits per heavy atom. The molecule has 1 aromatic heterocycles. The number of amides is 1. The second kappa shape index (κ2) is 7.41. The first-order valence-electron chi connectivity index (χ1n) is 9.05. The lowest BCUT2D eigenvalue weighted by molar-refractivity contribution is 0.0728. The van der Waals surface area contributed by atoms with E-state index in [1.54, 1.807) is 35.4 Å². The number of aromatic nitrogens is 2. The average molecular weight is 390 g/mol. The van der Waals surface area contributed by atoms with Gasteiger partial charge in [0.2, 0.25) is 10.0 Å². The third-order valence-corrected chi connectivity index (χ3v) is 6.46. The highest BCUT2D eigenvalue weighted by atomic mass is 32.2. The Balaban J connectivity index is 1.45. The molecule has 1 unspecified atom stereocenters. The van der Waals surface area contributed by atoms with E-state index in [1.165, 1.54) is 0 Å². The summed E-state index contributed by atoms with van der Waals surface area (Å²) in [4.78, 5) is 14.4. The monoisotopic (exact) mass is 390 g/mol. The zero-order chi connectivity index (χ0) is 18.9. The van der Waals surface area contributed by atoms with Crippen LogP contribution in [0.4, 0.5) is 0 Å². The minimum absolute atomic E-state index is 0.0422. The van der Waals surface area contributed by atoms with Crippen molar-refractivity contribution in [2.75, 3.05) is 19.7 Å². The third-order valence-electron chi connectivity index (χ3n) is 5.04. The number of sulfonamides is 1. The summed E-state index contributed by atoms with van der Waals surface area (Å²) < 4.78 is 33.2. The van der Waals surface area contributed by atoms with Crippen molar-refractivity contribution in [1.29, 1.82) is 0 Å². The highest BCUT2D eigenvalue weighted by Crippen LogP contribution is 2.23. The molecule has 0 radical (unpaired) electrons. The van der Waals surface area contributed by atoms with E-state index in [0.717, 1.165) is 24.0 Å². The number of nitrogens with one attached hydrogen (secondary N) is 2. The van der Waals surface area contributed by atoms with Crippen molar-refractivity contribution in [1.82, 2.24) is 19.8 Å². The van der Waals surface area contributed by atoms with E-state index in [4.69, 9.17) is 4.74 Å². The number of benzene rings is 1. The molecule has 0 spiro atoms. The van der Waals surface area contributed by atoms with Crippen molar-refractivity contribution in [3.63, 3.8) is 0 Å². The second-order valence-electron chi connectivity index (χ2n) is 6.86. The van der Waals surface area contributed by atoms with E-state index in [1.807, 2.05) is 0 Å². The van der Waals surface area contributed by atoms with Crippen molar-refractivity contribution in [2.24, 2.45) is 0 Å². The Morgan fingerprint density at radius 3 is 2.96 bits per heavy atom. The predicted octanol–water partition coefficient (Wildman–Crippen LogP) is 1.07. The molecule has 27 heavy (non-hydrogen) atoms. The van der Waals surface area contributed by atoms with Crippen LogP contribution in [0.15, 0.2) is 35.4 Å². The van der Waals surface area contributed by atoms with Gasteiger partial charge in [0.05, 0.1) is 11.0 Å². The van der Waals surface area contributed by atoms with E-state index < -0.39 is 10.0 Å². The van der Waals surface area contributed by atoms with Gasteiger partial charge in [0.25, 0.3) is 5.91 Å². The highest BCUT2D eigenvalue weighted by Gasteiger charge is 2.25. The summed E-state index contributed by atoms with van der Waals surface area (Å²) in [6.45, 7) is 1.99. The predicted molar refractivity (Wildman–Crippen MR) is 97.6 cm³/mol. The molecule has 1 atom stereocenters. The van der Waals surface area contributed by atoms with Gasteiger partial charge in [-0.25, -0.2) is 13.1 Å². The SMILES string of the molecule is O=C(c1ccn[nH]1)N1CCc2cc(S(=O)(=O)NCC3CCCO3)ccc2C1. The lowest BCUT2D eigenvalue weighted by Crippen LogP contribution is -2.36. The number of hydrogen-bond acceptors (Lipinski definition) is 5. The number of fused-ring (bicyclic) bond motifs is 1. The van der Waals surface area contributed by atoms with Crippen LogP contribution in [0.1, 0.15) is 34.5 Å². The molecule has 1 fully saturated rings. The first-order valence-corrected chi connectivity index (χ1v) is 10.5. The summed E-state index contributed by atoms with van der Waals surface area (Å²) in [5.41, 5.74) is 2.38. The number of rotatable bonds is 5. The fourth-order valence-corrected chi connectivity index (χ4v) is 4.62. The topological polar surface area (TPSA) is 104 Å². The molecule has 8 nitrogen and oxygen atoms in total. The van der Waals surface area contributed by atoms with Crippen molar-refractivity contribution < 1.29 is 17.9 Å². The first kappa shape index (κ1) is 18.1. The normalized spacial score (nSPS) is 19.9. The Kier molecular flexibility index (Phi) is 4.98. The zero-order valence-electron chi connectivity index (χ0n) is 14.8. The van der Waals surface area contributed by atoms with E-state index >= 15 is 0 Å². The van der Waals surface area contributed by atoms with Gasteiger partial charge in [-0.1, -0.05) is 6.07 Å². The van der Waals surface area contributed by atoms with E-state index in [0.29, 0.717) is 38.4 Å². The molecule has 1 amide bonds. The summed E-state index contributed by atoms with van der Waals surface area (Å²) in [5.74, 6) is -0.104. The van der Waals surface area contributed by atoms with E-state index in [9.17, 15) is 13.2 Å². The van der Waals surface area contributed by atoms with Gasteiger partial charge in [0, 0.05) is 32.4 Å². The maximum Gasteiger partial charge on any atom is 0.272 e. The van der Waals surface area contributed by atoms with Crippen molar-refractivity contribution in [3.05, 3.63) is 47.3 Å². The Morgan fingerprint density at radius 1 is 1.33 bits per heavy atom. The van der Waals surface area contributed by atoms with Crippen LogP contribution in [-0.2, 0) is 27.7 Å². The van der Waals surface area contributed by atoms with Gasteiger partial charge in [0.15, 0.2) is 0 Å². The van der Waals surface area contributed by atoms with Gasteiger partial charge >= 0.3 is 0 Å². The van der Waals surface area contributed by atoms with Gasteiger partial charge in [0.1, 0.15) is 5.69 Å². The van der Waals surface area contributed by atoms with Crippen molar-refractivity contribution in [2.45, 2.75) is 36.8 Å². The van der Waals surface area contributed by atoms with Gasteiger partial charge in [-0.05, 0) is 48.6 Å². The van der Waals surface area contributed by atoms with Crippen LogP contribution in [-0.4, -0.2) is 55.2 Å². The van der Waals surface area contributed by atoms with Crippen LogP contribution in [0.2, 0.25) is 0 Å². The van der Waals surface area contributed by atoms with Crippen LogP contribution >= 0.6 is 0 Å². The van der Waals surface area contributed by atoms with Crippen molar-refractivity contribution in [3.8, 4) is 0 Å². The molecule has 2 N–H and O–H groups in total. The summed E-state index contributed by atoms with van der Waals surface area (Å²) in [6.07, 6.45) is 3.97. The number of carbonyl (C=O) groups is 1. The second-order valence-corrected chi connectivity index (χ2v) is 8.63. The molecule has 0 saturated carbocycles. The molecule has 4 rings (SSSR count). The summed E-state index contributed by atoms with van der Waals surface area (Å²) in [7, 11) is -3.57. The summed E-state index contributed by atoms with van der Waals surface area (Å²) in [5, 5.41) is 6.50. The third kappa shape index (κ3) is 3.90. The largest absolute Gasteiger partial charge is 0.377 e. The summed E-state index contributed by atoms with van der Waals surface area (Å²) >= 11 is 0. The molecule has 3 heterocycles. The molecular formula is C18H22N4O4S. The maximum atomic E-state index is 12.6. The van der Waals surface area contributed by atoms with Gasteiger partial charge in [-0.2, -0.15) is 5.10 Å². The highest BCUT2D eigenvalue weighted by molar-refractivity contribution is 7.89. The first-order chi connectivity index (χ1) is 13.0. The minimum Gasteiger partial charge on any atom is -0.377 e. The Bertz CT molecular complexity index is 921. The molecule has 1 aromatic carbocycles. The molecule has 144 valence electrons. The molecule has 0 bridgehead atoms. The fraction of sp³-hybridized carbons (Fsp3) is 0.444. The van der Waals surface area contributed by atoms with E-state index in [2.05, 4.69) is 14.9 Å². The molecule has 0 aliphatic carbocycles. The molecular weight excluding hydrogens is 368 g/mol. The molecule has 2 aliphatic heterocycles. The average Bonchev–Trinajstić information content (AvgIpc) is 3.39. The molecule has 2 aromatic rings. The summed E-state index contributed by atoms with van der Waals surface area (Å²) in [6, 6.07) is 6.75. The van der Waals surface area contributed by atoms with Crippen LogP contribution in [0.5, 0.6) is 0 Å². The number of nitrogens with zero attached hydrogens (tertiary/aromatic N) is 2. The number of hydrogen-bond donors (Lipinski definition) is 2. The lowest BCUT2D eigenvalue weighted by atomic mass is 9.99. The maximum absolute atomic E-state index is 12.6. The quantitative estimate of drug-likeness (QED) is 0.795. The standard InChI is InChI=1S/C18H22N4O4S/c23-18(17-5-7-19-21-17)22-8-6-13-10-16(4-3-14(13)12-22)27(24,25)20-11-15-2-1-9-26-15/h3-5,7,10,15,20H,1-2,6,8-9,11-12H2,(H,19,21). The minimum atomic E-state index is -3.57. The zero-order valence-corrected chi connectivity index (χ0v) is 15.7. The van der Waals surface area contributed by atoms with Gasteiger partial charge in [-0.15, -0.1) is 0 Å². The number of carbonyl (C=O) groups excluding carboxylic acids is 1. The molecule has 1 saturated heterocycles. The fourth-order valence-electron chi connectivity index (χ4n) is 3.51. The molecule has 9 heteroatoms.